The maximum atomic E-state index is 13.4. The van der Waals surface area contributed by atoms with Crippen LogP contribution in [0.5, 0.6) is 5.75 Å². The molecule has 0 aliphatic rings. The van der Waals surface area contributed by atoms with E-state index in [-0.39, 0.29) is 17.5 Å². The first kappa shape index (κ1) is 21.2. The second-order valence-corrected chi connectivity index (χ2v) is 8.71. The Morgan fingerprint density at radius 1 is 1.18 bits per heavy atom. The molecular formula is C22H17FN6O2S2. The number of hydrogen-bond acceptors (Lipinski definition) is 7. The summed E-state index contributed by atoms with van der Waals surface area (Å²) in [6, 6.07) is 13.5. The number of fused-ring (bicyclic) bond motifs is 1. The molecule has 166 valence electrons. The fraction of sp³-hybridized carbons (Fsp3) is 0.0909. The van der Waals surface area contributed by atoms with Crippen molar-refractivity contribution in [2.45, 2.75) is 5.16 Å². The van der Waals surface area contributed by atoms with Gasteiger partial charge in [0.05, 0.1) is 12.9 Å². The minimum absolute atomic E-state index is 0.120. The molecule has 0 atom stereocenters. The van der Waals surface area contributed by atoms with Crippen molar-refractivity contribution >= 4 is 39.8 Å². The van der Waals surface area contributed by atoms with Gasteiger partial charge in [0.25, 0.3) is 0 Å². The van der Waals surface area contributed by atoms with Gasteiger partial charge in [0.15, 0.2) is 10.1 Å². The van der Waals surface area contributed by atoms with Gasteiger partial charge in [0, 0.05) is 22.8 Å². The molecule has 0 aliphatic heterocycles. The third-order valence-electron chi connectivity index (χ3n) is 4.84. The lowest BCUT2D eigenvalue weighted by Crippen LogP contribution is -2.16. The Morgan fingerprint density at radius 3 is 2.73 bits per heavy atom. The van der Waals surface area contributed by atoms with Crippen LogP contribution < -0.4 is 10.1 Å². The van der Waals surface area contributed by atoms with E-state index in [4.69, 9.17) is 4.74 Å². The standard InChI is InChI=1S/C22H17FN6O2S2/c1-31-17-8-6-16(7-9-17)29-13-24-27-22(29)33-12-18(30)25-20-19(14-2-4-15(23)5-3-14)26-21-28(20)10-11-32-21/h2-11,13H,12H2,1H3,(H,25,30). The van der Waals surface area contributed by atoms with Crippen molar-refractivity contribution < 1.29 is 13.9 Å². The Bertz CT molecular complexity index is 1410. The average Bonchev–Trinajstić information content (AvgIpc) is 3.56. The summed E-state index contributed by atoms with van der Waals surface area (Å²) in [5.74, 6) is 0.857. The first-order valence-electron chi connectivity index (χ1n) is 9.81. The Morgan fingerprint density at radius 2 is 1.97 bits per heavy atom. The number of thiazole rings is 1. The van der Waals surface area contributed by atoms with Crippen LogP contribution >= 0.6 is 23.1 Å². The van der Waals surface area contributed by atoms with Gasteiger partial charge >= 0.3 is 0 Å². The molecule has 8 nitrogen and oxygen atoms in total. The zero-order valence-corrected chi connectivity index (χ0v) is 18.9. The summed E-state index contributed by atoms with van der Waals surface area (Å²) in [7, 11) is 1.61. The minimum atomic E-state index is -0.331. The maximum Gasteiger partial charge on any atom is 0.236 e. The van der Waals surface area contributed by atoms with E-state index < -0.39 is 0 Å². The number of nitrogens with one attached hydrogen (secondary N) is 1. The average molecular weight is 481 g/mol. The third-order valence-corrected chi connectivity index (χ3v) is 6.54. The third kappa shape index (κ3) is 4.32. The molecule has 0 unspecified atom stereocenters. The fourth-order valence-corrected chi connectivity index (χ4v) is 4.70. The molecule has 33 heavy (non-hydrogen) atoms. The van der Waals surface area contributed by atoms with Crippen molar-refractivity contribution in [1.82, 2.24) is 24.1 Å². The first-order valence-corrected chi connectivity index (χ1v) is 11.7. The van der Waals surface area contributed by atoms with E-state index in [0.29, 0.717) is 16.7 Å². The highest BCUT2D eigenvalue weighted by Crippen LogP contribution is 2.31. The molecule has 3 heterocycles. The molecule has 0 aliphatic carbocycles. The molecule has 0 bridgehead atoms. The lowest BCUT2D eigenvalue weighted by Gasteiger charge is -2.09. The van der Waals surface area contributed by atoms with Crippen LogP contribution in [0.15, 0.2) is 71.6 Å². The van der Waals surface area contributed by atoms with Gasteiger partial charge in [-0.1, -0.05) is 11.8 Å². The molecule has 0 spiro atoms. The van der Waals surface area contributed by atoms with Crippen molar-refractivity contribution in [2.24, 2.45) is 0 Å². The molecule has 1 N–H and O–H groups in total. The summed E-state index contributed by atoms with van der Waals surface area (Å²) in [4.78, 5) is 18.2. The smallest absolute Gasteiger partial charge is 0.236 e. The summed E-state index contributed by atoms with van der Waals surface area (Å²) in [6.45, 7) is 0. The second-order valence-electron chi connectivity index (χ2n) is 6.89. The molecule has 5 aromatic rings. The molecule has 3 aromatic heterocycles. The van der Waals surface area contributed by atoms with Gasteiger partial charge in [-0.15, -0.1) is 21.5 Å². The number of amides is 1. The van der Waals surface area contributed by atoms with Gasteiger partial charge in [0.2, 0.25) is 5.91 Å². The van der Waals surface area contributed by atoms with Gasteiger partial charge in [-0.05, 0) is 48.5 Å². The number of thioether (sulfide) groups is 1. The van der Waals surface area contributed by atoms with E-state index in [1.165, 1.54) is 35.2 Å². The molecule has 2 aromatic carbocycles. The quantitative estimate of drug-likeness (QED) is 0.345. The Balaban J connectivity index is 1.34. The topological polar surface area (TPSA) is 86.3 Å². The minimum Gasteiger partial charge on any atom is -0.497 e. The van der Waals surface area contributed by atoms with Crippen molar-refractivity contribution in [2.75, 3.05) is 18.2 Å². The summed E-state index contributed by atoms with van der Waals surface area (Å²) >= 11 is 2.72. The monoisotopic (exact) mass is 480 g/mol. The second kappa shape index (κ2) is 9.04. The highest BCUT2D eigenvalue weighted by Gasteiger charge is 2.18. The summed E-state index contributed by atoms with van der Waals surface area (Å²) in [5, 5.41) is 13.5. The molecule has 0 fully saturated rings. The van der Waals surface area contributed by atoms with Crippen LogP contribution in [0.2, 0.25) is 0 Å². The highest BCUT2D eigenvalue weighted by atomic mass is 32.2. The van der Waals surface area contributed by atoms with E-state index >= 15 is 0 Å². The van der Waals surface area contributed by atoms with Gasteiger partial charge < -0.3 is 10.1 Å². The lowest BCUT2D eigenvalue weighted by molar-refractivity contribution is -0.113. The number of aromatic nitrogens is 5. The van der Waals surface area contributed by atoms with Crippen LogP contribution in [0.4, 0.5) is 10.2 Å². The molecule has 11 heteroatoms. The highest BCUT2D eigenvalue weighted by molar-refractivity contribution is 7.99. The number of carbonyl (C=O) groups is 1. The normalized spacial score (nSPS) is 11.1. The summed E-state index contributed by atoms with van der Waals surface area (Å²) < 4.78 is 22.2. The van der Waals surface area contributed by atoms with Gasteiger partial charge in [-0.25, -0.2) is 9.37 Å². The van der Waals surface area contributed by atoms with Crippen LogP contribution in [0.1, 0.15) is 0 Å². The van der Waals surface area contributed by atoms with E-state index in [1.807, 2.05) is 40.2 Å². The summed E-state index contributed by atoms with van der Waals surface area (Å²) in [5.41, 5.74) is 2.16. The summed E-state index contributed by atoms with van der Waals surface area (Å²) in [6.07, 6.45) is 3.43. The number of benzene rings is 2. The van der Waals surface area contributed by atoms with Crippen molar-refractivity contribution in [3.8, 4) is 22.7 Å². The largest absolute Gasteiger partial charge is 0.497 e. The van der Waals surface area contributed by atoms with E-state index in [0.717, 1.165) is 22.0 Å². The number of ether oxygens (including phenoxy) is 1. The molecule has 0 saturated heterocycles. The predicted molar refractivity (Wildman–Crippen MR) is 126 cm³/mol. The zero-order valence-electron chi connectivity index (χ0n) is 17.3. The number of imidazole rings is 1. The van der Waals surface area contributed by atoms with E-state index in [9.17, 15) is 9.18 Å². The number of methoxy groups -OCH3 is 1. The fourth-order valence-electron chi connectivity index (χ4n) is 3.26. The number of anilines is 1. The molecule has 1 amide bonds. The van der Waals surface area contributed by atoms with Gasteiger partial charge in [-0.3, -0.25) is 13.8 Å². The maximum absolute atomic E-state index is 13.4. The lowest BCUT2D eigenvalue weighted by atomic mass is 10.1. The number of halogens is 1. The Hall–Kier alpha value is -3.70. The number of carbonyl (C=O) groups excluding carboxylic acids is 1. The number of nitrogens with zero attached hydrogens (tertiary/aromatic N) is 5. The SMILES string of the molecule is COc1ccc(-n2cnnc2SCC(=O)Nc2c(-c3ccc(F)cc3)nc3sccn23)cc1. The van der Waals surface area contributed by atoms with Crippen LogP contribution in [0, 0.1) is 5.82 Å². The molecule has 0 radical (unpaired) electrons. The molecule has 5 rings (SSSR count). The Kier molecular flexibility index (Phi) is 5.80. The zero-order chi connectivity index (χ0) is 22.8. The first-order chi connectivity index (χ1) is 16.1. The Labute approximate surface area is 196 Å². The van der Waals surface area contributed by atoms with E-state index in [1.54, 1.807) is 30.1 Å². The van der Waals surface area contributed by atoms with Crippen molar-refractivity contribution in [3.05, 3.63) is 72.3 Å². The van der Waals surface area contributed by atoms with Crippen molar-refractivity contribution in [3.63, 3.8) is 0 Å². The van der Waals surface area contributed by atoms with Gasteiger partial charge in [0.1, 0.15) is 29.4 Å². The predicted octanol–water partition coefficient (Wildman–Crippen LogP) is 4.52. The van der Waals surface area contributed by atoms with E-state index in [2.05, 4.69) is 20.5 Å². The van der Waals surface area contributed by atoms with Crippen LogP contribution in [-0.2, 0) is 4.79 Å². The van der Waals surface area contributed by atoms with Gasteiger partial charge in [-0.2, -0.15) is 0 Å². The van der Waals surface area contributed by atoms with Crippen LogP contribution in [0.3, 0.4) is 0 Å². The molecular weight excluding hydrogens is 463 g/mol. The van der Waals surface area contributed by atoms with Crippen LogP contribution in [0.25, 0.3) is 21.9 Å². The number of rotatable bonds is 7. The van der Waals surface area contributed by atoms with Crippen LogP contribution in [-0.4, -0.2) is 42.9 Å². The van der Waals surface area contributed by atoms with Crippen molar-refractivity contribution in [1.29, 1.82) is 0 Å². The number of hydrogen-bond donors (Lipinski definition) is 1. The molecule has 0 saturated carbocycles.